The quantitative estimate of drug-likeness (QED) is 0.747. The minimum absolute atomic E-state index is 0.0815. The zero-order chi connectivity index (χ0) is 13.5. The van der Waals surface area contributed by atoms with E-state index in [2.05, 4.69) is 0 Å². The second-order valence-corrected chi connectivity index (χ2v) is 5.09. The SMILES string of the molecule is COC(=O)C(C)(C)c1ccc2c(c1)CC(=O)N2C. The van der Waals surface area contributed by atoms with Crippen LogP contribution in [0.25, 0.3) is 0 Å². The summed E-state index contributed by atoms with van der Waals surface area (Å²) in [6.07, 6.45) is 0.400. The summed E-state index contributed by atoms with van der Waals surface area (Å²) in [5.74, 6) is -0.196. The number of hydrogen-bond acceptors (Lipinski definition) is 3. The summed E-state index contributed by atoms with van der Waals surface area (Å²) in [7, 11) is 3.15. The molecule has 0 unspecified atom stereocenters. The number of hydrogen-bond donors (Lipinski definition) is 0. The first-order valence-electron chi connectivity index (χ1n) is 5.86. The van der Waals surface area contributed by atoms with Gasteiger partial charge >= 0.3 is 5.97 Å². The molecule has 0 N–H and O–H groups in total. The van der Waals surface area contributed by atoms with Crippen molar-refractivity contribution in [2.24, 2.45) is 0 Å². The molecule has 4 nitrogen and oxygen atoms in total. The summed E-state index contributed by atoms with van der Waals surface area (Å²) in [6, 6.07) is 5.69. The molecule has 0 saturated heterocycles. The van der Waals surface area contributed by atoms with Crippen LogP contribution in [0, 0.1) is 0 Å². The number of methoxy groups -OCH3 is 1. The van der Waals surface area contributed by atoms with Crippen molar-refractivity contribution in [2.45, 2.75) is 25.7 Å². The van der Waals surface area contributed by atoms with Gasteiger partial charge in [-0.2, -0.15) is 0 Å². The lowest BCUT2D eigenvalue weighted by Gasteiger charge is -2.23. The minimum atomic E-state index is -0.700. The number of fused-ring (bicyclic) bond motifs is 1. The molecule has 0 aliphatic carbocycles. The predicted octanol–water partition coefficient (Wildman–Crippen LogP) is 1.66. The van der Waals surface area contributed by atoms with E-state index in [1.165, 1.54) is 7.11 Å². The fourth-order valence-electron chi connectivity index (χ4n) is 2.23. The third kappa shape index (κ3) is 1.78. The average molecular weight is 247 g/mol. The molecule has 1 aliphatic rings. The van der Waals surface area contributed by atoms with Gasteiger partial charge in [-0.3, -0.25) is 9.59 Å². The largest absolute Gasteiger partial charge is 0.468 e. The number of esters is 1. The number of amides is 1. The number of rotatable bonds is 2. The van der Waals surface area contributed by atoms with Crippen molar-refractivity contribution < 1.29 is 14.3 Å². The van der Waals surface area contributed by atoms with Gasteiger partial charge in [-0.05, 0) is 31.0 Å². The number of nitrogens with zero attached hydrogens (tertiary/aromatic N) is 1. The lowest BCUT2D eigenvalue weighted by atomic mass is 9.83. The molecule has 0 atom stereocenters. The van der Waals surface area contributed by atoms with E-state index in [0.29, 0.717) is 6.42 Å². The molecule has 4 heteroatoms. The Hall–Kier alpha value is -1.84. The van der Waals surface area contributed by atoms with Gasteiger partial charge in [0, 0.05) is 12.7 Å². The summed E-state index contributed by atoms with van der Waals surface area (Å²) in [6.45, 7) is 3.64. The van der Waals surface area contributed by atoms with Gasteiger partial charge in [0.15, 0.2) is 0 Å². The molecular weight excluding hydrogens is 230 g/mol. The van der Waals surface area contributed by atoms with Gasteiger partial charge in [-0.25, -0.2) is 0 Å². The zero-order valence-corrected chi connectivity index (χ0v) is 11.1. The fraction of sp³-hybridized carbons (Fsp3) is 0.429. The first-order chi connectivity index (χ1) is 8.37. The summed E-state index contributed by atoms with van der Waals surface area (Å²) in [4.78, 5) is 25.0. The minimum Gasteiger partial charge on any atom is -0.468 e. The molecular formula is C14H17NO3. The van der Waals surface area contributed by atoms with Gasteiger partial charge in [0.2, 0.25) is 5.91 Å². The molecule has 0 radical (unpaired) electrons. The maximum absolute atomic E-state index is 11.8. The predicted molar refractivity (Wildman–Crippen MR) is 68.6 cm³/mol. The highest BCUT2D eigenvalue weighted by atomic mass is 16.5. The number of anilines is 1. The summed E-state index contributed by atoms with van der Waals surface area (Å²) in [5, 5.41) is 0. The normalized spacial score (nSPS) is 14.7. The molecule has 96 valence electrons. The highest BCUT2D eigenvalue weighted by molar-refractivity contribution is 6.01. The molecule has 0 spiro atoms. The topological polar surface area (TPSA) is 46.6 Å². The van der Waals surface area contributed by atoms with Crippen LogP contribution in [0.2, 0.25) is 0 Å². The molecule has 2 rings (SSSR count). The Morgan fingerprint density at radius 1 is 1.39 bits per heavy atom. The average Bonchev–Trinajstić information content (AvgIpc) is 2.63. The van der Waals surface area contributed by atoms with Crippen molar-refractivity contribution >= 4 is 17.6 Å². The maximum atomic E-state index is 11.8. The Bertz CT molecular complexity index is 520. The number of benzene rings is 1. The van der Waals surface area contributed by atoms with Crippen LogP contribution in [0.3, 0.4) is 0 Å². The Kier molecular flexibility index (Phi) is 2.89. The molecule has 1 aromatic rings. The molecule has 18 heavy (non-hydrogen) atoms. The molecule has 1 heterocycles. The highest BCUT2D eigenvalue weighted by Crippen LogP contribution is 2.33. The molecule has 0 fully saturated rings. The Labute approximate surface area is 107 Å². The van der Waals surface area contributed by atoms with Crippen LogP contribution < -0.4 is 4.90 Å². The molecule has 1 aliphatic heterocycles. The number of likely N-dealkylation sites (N-methyl/N-ethyl adjacent to an activating group) is 1. The number of ether oxygens (including phenoxy) is 1. The molecule has 0 saturated carbocycles. The van der Waals surface area contributed by atoms with Gasteiger partial charge in [0.1, 0.15) is 0 Å². The van der Waals surface area contributed by atoms with E-state index in [1.54, 1.807) is 11.9 Å². The van der Waals surface area contributed by atoms with Crippen molar-refractivity contribution in [3.63, 3.8) is 0 Å². The highest BCUT2D eigenvalue weighted by Gasteiger charge is 2.33. The van der Waals surface area contributed by atoms with Crippen molar-refractivity contribution in [1.82, 2.24) is 0 Å². The molecule has 1 amide bonds. The monoisotopic (exact) mass is 247 g/mol. The first-order valence-corrected chi connectivity index (χ1v) is 5.86. The van der Waals surface area contributed by atoms with E-state index >= 15 is 0 Å². The van der Waals surface area contributed by atoms with E-state index in [0.717, 1.165) is 16.8 Å². The van der Waals surface area contributed by atoms with Crippen LogP contribution in [0.15, 0.2) is 18.2 Å². The van der Waals surface area contributed by atoms with E-state index in [-0.39, 0.29) is 11.9 Å². The third-order valence-electron chi connectivity index (χ3n) is 3.57. The summed E-state index contributed by atoms with van der Waals surface area (Å²) in [5.41, 5.74) is 2.06. The molecule has 0 aromatic heterocycles. The number of carbonyl (C=O) groups excluding carboxylic acids is 2. The first kappa shape index (κ1) is 12.6. The van der Waals surface area contributed by atoms with Gasteiger partial charge in [0.25, 0.3) is 0 Å². The third-order valence-corrected chi connectivity index (χ3v) is 3.57. The Balaban J connectivity index is 2.43. The van der Waals surface area contributed by atoms with Crippen LogP contribution in [0.1, 0.15) is 25.0 Å². The fourth-order valence-corrected chi connectivity index (χ4v) is 2.23. The van der Waals surface area contributed by atoms with Crippen molar-refractivity contribution in [3.8, 4) is 0 Å². The lowest BCUT2D eigenvalue weighted by Crippen LogP contribution is -2.30. The second kappa shape index (κ2) is 4.12. The van der Waals surface area contributed by atoms with E-state index < -0.39 is 5.41 Å². The standard InChI is InChI=1S/C14H17NO3/c1-14(2,13(17)18-4)10-5-6-11-9(7-10)8-12(16)15(11)3/h5-7H,8H2,1-4H3. The lowest BCUT2D eigenvalue weighted by molar-refractivity contribution is -0.146. The van der Waals surface area contributed by atoms with Crippen molar-refractivity contribution in [3.05, 3.63) is 29.3 Å². The van der Waals surface area contributed by atoms with Crippen LogP contribution in [0.5, 0.6) is 0 Å². The van der Waals surface area contributed by atoms with Gasteiger partial charge < -0.3 is 9.64 Å². The van der Waals surface area contributed by atoms with Gasteiger partial charge in [-0.15, -0.1) is 0 Å². The molecule has 1 aromatic carbocycles. The zero-order valence-electron chi connectivity index (χ0n) is 11.1. The van der Waals surface area contributed by atoms with Crippen molar-refractivity contribution in [2.75, 3.05) is 19.1 Å². The Morgan fingerprint density at radius 2 is 2.06 bits per heavy atom. The van der Waals surface area contributed by atoms with Gasteiger partial charge in [-0.1, -0.05) is 12.1 Å². The van der Waals surface area contributed by atoms with Crippen LogP contribution in [-0.2, 0) is 26.2 Å². The summed E-state index contributed by atoms with van der Waals surface area (Å²) < 4.78 is 4.81. The second-order valence-electron chi connectivity index (χ2n) is 5.09. The van der Waals surface area contributed by atoms with E-state index in [4.69, 9.17) is 4.74 Å². The van der Waals surface area contributed by atoms with Gasteiger partial charge in [0.05, 0.1) is 18.9 Å². The van der Waals surface area contributed by atoms with Crippen LogP contribution >= 0.6 is 0 Å². The maximum Gasteiger partial charge on any atom is 0.315 e. The molecule has 0 bridgehead atoms. The summed E-state index contributed by atoms with van der Waals surface area (Å²) >= 11 is 0. The van der Waals surface area contributed by atoms with E-state index in [9.17, 15) is 9.59 Å². The van der Waals surface area contributed by atoms with Crippen LogP contribution in [0.4, 0.5) is 5.69 Å². The van der Waals surface area contributed by atoms with Crippen LogP contribution in [-0.4, -0.2) is 26.0 Å². The number of carbonyl (C=O) groups is 2. The van der Waals surface area contributed by atoms with Crippen molar-refractivity contribution in [1.29, 1.82) is 0 Å². The Morgan fingerprint density at radius 3 is 2.67 bits per heavy atom. The van der Waals surface area contributed by atoms with E-state index in [1.807, 2.05) is 32.0 Å². The smallest absolute Gasteiger partial charge is 0.315 e.